The first kappa shape index (κ1) is 16.6. The van der Waals surface area contributed by atoms with E-state index < -0.39 is 0 Å². The maximum absolute atomic E-state index is 10.9. The summed E-state index contributed by atoms with van der Waals surface area (Å²) in [6.07, 6.45) is 2.29. The molecule has 3 rings (SSSR count). The minimum atomic E-state index is 0.193. The third-order valence-electron chi connectivity index (χ3n) is 3.59. The Balaban J connectivity index is 1.72. The Hall–Kier alpha value is -3.28. The molecule has 0 aliphatic carbocycles. The molecule has 0 N–H and O–H groups in total. The van der Waals surface area contributed by atoms with Crippen LogP contribution in [0.1, 0.15) is 16.1 Å². The number of hydrogen-bond acceptors (Lipinski definition) is 6. The smallest absolute Gasteiger partial charge is 0.226 e. The number of rotatable bonds is 7. The van der Waals surface area contributed by atoms with Crippen molar-refractivity contribution in [2.75, 3.05) is 14.2 Å². The SMILES string of the molecule is COc1ccc(-c2nc(COc3cc(C=O)ccc3OC)co2)cc1. The number of oxazole rings is 1. The molecule has 2 aromatic carbocycles. The van der Waals surface area contributed by atoms with Crippen molar-refractivity contribution in [1.29, 1.82) is 0 Å². The molecular weight excluding hydrogens is 322 g/mol. The minimum absolute atomic E-state index is 0.193. The topological polar surface area (TPSA) is 70.8 Å². The Morgan fingerprint density at radius 3 is 2.52 bits per heavy atom. The molecule has 0 radical (unpaired) electrons. The van der Waals surface area contributed by atoms with Gasteiger partial charge in [0.15, 0.2) is 11.5 Å². The lowest BCUT2D eigenvalue weighted by atomic mass is 10.2. The van der Waals surface area contributed by atoms with Crippen molar-refractivity contribution in [3.63, 3.8) is 0 Å². The van der Waals surface area contributed by atoms with E-state index in [0.29, 0.717) is 28.6 Å². The predicted molar refractivity (Wildman–Crippen MR) is 91.2 cm³/mol. The summed E-state index contributed by atoms with van der Waals surface area (Å²) in [6, 6.07) is 12.4. The van der Waals surface area contributed by atoms with Crippen molar-refractivity contribution in [3.8, 4) is 28.7 Å². The van der Waals surface area contributed by atoms with Gasteiger partial charge >= 0.3 is 0 Å². The molecule has 1 heterocycles. The minimum Gasteiger partial charge on any atom is -0.497 e. The van der Waals surface area contributed by atoms with E-state index in [9.17, 15) is 4.79 Å². The van der Waals surface area contributed by atoms with Gasteiger partial charge < -0.3 is 18.6 Å². The Labute approximate surface area is 145 Å². The number of ether oxygens (including phenoxy) is 3. The highest BCUT2D eigenvalue weighted by atomic mass is 16.5. The van der Waals surface area contributed by atoms with Gasteiger partial charge in [0.1, 0.15) is 30.6 Å². The summed E-state index contributed by atoms with van der Waals surface area (Å²) >= 11 is 0. The van der Waals surface area contributed by atoms with Crippen molar-refractivity contribution in [3.05, 3.63) is 60.0 Å². The van der Waals surface area contributed by atoms with Gasteiger partial charge in [-0.25, -0.2) is 4.98 Å². The van der Waals surface area contributed by atoms with Crippen LogP contribution in [-0.4, -0.2) is 25.5 Å². The van der Waals surface area contributed by atoms with E-state index in [0.717, 1.165) is 17.6 Å². The average molecular weight is 339 g/mol. The molecule has 0 aliphatic heterocycles. The van der Waals surface area contributed by atoms with Crippen LogP contribution in [0.15, 0.2) is 53.1 Å². The van der Waals surface area contributed by atoms with Crippen LogP contribution in [0.25, 0.3) is 11.5 Å². The molecule has 0 fully saturated rings. The van der Waals surface area contributed by atoms with Gasteiger partial charge in [-0.3, -0.25) is 4.79 Å². The van der Waals surface area contributed by atoms with Gasteiger partial charge in [-0.2, -0.15) is 0 Å². The van der Waals surface area contributed by atoms with Crippen LogP contribution in [-0.2, 0) is 6.61 Å². The Morgan fingerprint density at radius 2 is 1.84 bits per heavy atom. The molecule has 0 unspecified atom stereocenters. The molecular formula is C19H17NO5. The number of aldehydes is 1. The van der Waals surface area contributed by atoms with Gasteiger partial charge in [0, 0.05) is 11.1 Å². The molecule has 0 amide bonds. The standard InChI is InChI=1S/C19H17NO5/c1-22-16-6-4-14(5-7-16)19-20-15(12-25-19)11-24-18-9-13(10-21)3-8-17(18)23-2/h3-10,12H,11H2,1-2H3. The number of carbonyl (C=O) groups is 1. The van der Waals surface area contributed by atoms with E-state index in [1.807, 2.05) is 24.3 Å². The molecule has 6 nitrogen and oxygen atoms in total. The second-order valence-electron chi connectivity index (χ2n) is 5.19. The van der Waals surface area contributed by atoms with Crippen LogP contribution in [0.4, 0.5) is 0 Å². The molecule has 0 spiro atoms. The highest BCUT2D eigenvalue weighted by Gasteiger charge is 2.10. The number of benzene rings is 2. The van der Waals surface area contributed by atoms with Gasteiger partial charge in [-0.15, -0.1) is 0 Å². The number of hydrogen-bond donors (Lipinski definition) is 0. The van der Waals surface area contributed by atoms with E-state index in [2.05, 4.69) is 4.98 Å². The lowest BCUT2D eigenvalue weighted by Crippen LogP contribution is -1.99. The summed E-state index contributed by atoms with van der Waals surface area (Å²) < 4.78 is 21.6. The first-order valence-corrected chi connectivity index (χ1v) is 7.58. The summed E-state index contributed by atoms with van der Waals surface area (Å²) in [6.45, 7) is 0.193. The Bertz CT molecular complexity index is 855. The molecule has 6 heteroatoms. The van der Waals surface area contributed by atoms with Crippen LogP contribution in [0.5, 0.6) is 17.2 Å². The molecule has 0 atom stereocenters. The van der Waals surface area contributed by atoms with Gasteiger partial charge in [0.2, 0.25) is 5.89 Å². The largest absolute Gasteiger partial charge is 0.497 e. The first-order chi connectivity index (χ1) is 12.2. The number of nitrogens with zero attached hydrogens (tertiary/aromatic N) is 1. The fourth-order valence-corrected chi connectivity index (χ4v) is 2.27. The third kappa shape index (κ3) is 3.80. The fraction of sp³-hybridized carbons (Fsp3) is 0.158. The summed E-state index contributed by atoms with van der Waals surface area (Å²) in [5.74, 6) is 2.28. The van der Waals surface area contributed by atoms with E-state index in [1.165, 1.54) is 6.26 Å². The van der Waals surface area contributed by atoms with Crippen LogP contribution >= 0.6 is 0 Å². The van der Waals surface area contributed by atoms with Crippen molar-refractivity contribution in [2.24, 2.45) is 0 Å². The van der Waals surface area contributed by atoms with E-state index >= 15 is 0 Å². The molecule has 0 saturated carbocycles. The summed E-state index contributed by atoms with van der Waals surface area (Å²) in [4.78, 5) is 15.3. The van der Waals surface area contributed by atoms with Crippen LogP contribution in [0, 0.1) is 0 Å². The summed E-state index contributed by atoms with van der Waals surface area (Å²) in [7, 11) is 3.16. The maximum atomic E-state index is 10.9. The number of carbonyl (C=O) groups excluding carboxylic acids is 1. The highest BCUT2D eigenvalue weighted by Crippen LogP contribution is 2.29. The van der Waals surface area contributed by atoms with E-state index in [-0.39, 0.29) is 6.61 Å². The molecule has 3 aromatic rings. The fourth-order valence-electron chi connectivity index (χ4n) is 2.27. The molecule has 0 saturated heterocycles. The zero-order chi connectivity index (χ0) is 17.6. The number of methoxy groups -OCH3 is 2. The third-order valence-corrected chi connectivity index (χ3v) is 3.59. The van der Waals surface area contributed by atoms with Crippen LogP contribution < -0.4 is 14.2 Å². The van der Waals surface area contributed by atoms with Crippen molar-refractivity contribution < 1.29 is 23.4 Å². The van der Waals surface area contributed by atoms with Gasteiger partial charge in [0.05, 0.1) is 14.2 Å². The maximum Gasteiger partial charge on any atom is 0.226 e. The molecule has 128 valence electrons. The second kappa shape index (κ2) is 7.53. The number of aromatic nitrogens is 1. The van der Waals surface area contributed by atoms with Gasteiger partial charge in [-0.05, 0) is 42.5 Å². The summed E-state index contributed by atoms with van der Waals surface area (Å²) in [5, 5.41) is 0. The average Bonchev–Trinajstić information content (AvgIpc) is 3.15. The van der Waals surface area contributed by atoms with Crippen molar-refractivity contribution in [1.82, 2.24) is 4.98 Å². The highest BCUT2D eigenvalue weighted by molar-refractivity contribution is 5.76. The summed E-state index contributed by atoms with van der Waals surface area (Å²) in [5.41, 5.74) is 1.98. The lowest BCUT2D eigenvalue weighted by Gasteiger charge is -2.09. The normalized spacial score (nSPS) is 10.3. The van der Waals surface area contributed by atoms with E-state index in [1.54, 1.807) is 32.4 Å². The van der Waals surface area contributed by atoms with Gasteiger partial charge in [-0.1, -0.05) is 0 Å². The van der Waals surface area contributed by atoms with Crippen LogP contribution in [0.3, 0.4) is 0 Å². The molecule has 0 bridgehead atoms. The predicted octanol–water partition coefficient (Wildman–Crippen LogP) is 3.75. The first-order valence-electron chi connectivity index (χ1n) is 7.58. The zero-order valence-corrected chi connectivity index (χ0v) is 13.9. The van der Waals surface area contributed by atoms with Crippen molar-refractivity contribution in [2.45, 2.75) is 6.61 Å². The van der Waals surface area contributed by atoms with Crippen LogP contribution in [0.2, 0.25) is 0 Å². The lowest BCUT2D eigenvalue weighted by molar-refractivity contribution is 0.112. The molecule has 25 heavy (non-hydrogen) atoms. The van der Waals surface area contributed by atoms with E-state index in [4.69, 9.17) is 18.6 Å². The monoisotopic (exact) mass is 339 g/mol. The quantitative estimate of drug-likeness (QED) is 0.611. The molecule has 0 aliphatic rings. The zero-order valence-electron chi connectivity index (χ0n) is 13.9. The second-order valence-corrected chi connectivity index (χ2v) is 5.19. The van der Waals surface area contributed by atoms with Crippen molar-refractivity contribution >= 4 is 6.29 Å². The van der Waals surface area contributed by atoms with Gasteiger partial charge in [0.25, 0.3) is 0 Å². The molecule has 1 aromatic heterocycles. The Morgan fingerprint density at radius 1 is 1.04 bits per heavy atom. The Kier molecular flexibility index (Phi) is 4.99.